The second kappa shape index (κ2) is 6.22. The van der Waals surface area contributed by atoms with E-state index >= 15 is 0 Å². The first-order valence-corrected chi connectivity index (χ1v) is 9.42. The Morgan fingerprint density at radius 1 is 0.962 bits per heavy atom. The van der Waals surface area contributed by atoms with Crippen LogP contribution in [0.15, 0.2) is 60.8 Å². The summed E-state index contributed by atoms with van der Waals surface area (Å²) in [6, 6.07) is 18.5. The second-order valence-corrected chi connectivity index (χ2v) is 8.41. The molecule has 0 aliphatic rings. The smallest absolute Gasteiger partial charge is 0.195 e. The molecule has 2 aromatic carbocycles. The zero-order valence-corrected chi connectivity index (χ0v) is 15.9. The molecule has 0 N–H and O–H groups in total. The summed E-state index contributed by atoms with van der Waals surface area (Å²) in [4.78, 5) is 18.5. The van der Waals surface area contributed by atoms with Gasteiger partial charge in [0.2, 0.25) is 0 Å². The Kier molecular flexibility index (Phi) is 4.00. The maximum absolute atomic E-state index is 11.8. The van der Waals surface area contributed by atoms with Gasteiger partial charge >= 0.3 is 0 Å². The van der Waals surface area contributed by atoms with Crippen LogP contribution in [-0.4, -0.2) is 15.7 Å². The highest BCUT2D eigenvalue weighted by atomic mass is 32.1. The minimum Gasteiger partial charge on any atom is -0.296 e. The molecule has 2 aromatic heterocycles. The molecule has 0 radical (unpaired) electrons. The number of thiazole rings is 1. The van der Waals surface area contributed by atoms with Crippen LogP contribution in [0.5, 0.6) is 0 Å². The monoisotopic (exact) mass is 360 g/mol. The Labute approximate surface area is 157 Å². The molecule has 0 spiro atoms. The van der Waals surface area contributed by atoms with Gasteiger partial charge in [0.15, 0.2) is 11.2 Å². The molecular formula is C22H20N2OS. The predicted octanol–water partition coefficient (Wildman–Crippen LogP) is 5.84. The minimum absolute atomic E-state index is 0.102. The molecule has 4 rings (SSSR count). The van der Waals surface area contributed by atoms with Crippen molar-refractivity contribution < 1.29 is 4.79 Å². The predicted molar refractivity (Wildman–Crippen MR) is 108 cm³/mol. The summed E-state index contributed by atoms with van der Waals surface area (Å²) in [6.07, 6.45) is 2.90. The largest absolute Gasteiger partial charge is 0.296 e. The Morgan fingerprint density at radius 2 is 1.65 bits per heavy atom. The van der Waals surface area contributed by atoms with E-state index in [4.69, 9.17) is 4.98 Å². The molecule has 4 aromatic rings. The number of benzene rings is 2. The number of aldehydes is 1. The van der Waals surface area contributed by atoms with Gasteiger partial charge in [0, 0.05) is 11.8 Å². The van der Waals surface area contributed by atoms with Gasteiger partial charge in [-0.25, -0.2) is 4.98 Å². The van der Waals surface area contributed by atoms with Crippen molar-refractivity contribution in [1.29, 1.82) is 0 Å². The molecule has 2 heterocycles. The van der Waals surface area contributed by atoms with E-state index in [-0.39, 0.29) is 5.41 Å². The number of rotatable bonds is 3. The Morgan fingerprint density at radius 3 is 2.27 bits per heavy atom. The molecule has 0 unspecified atom stereocenters. The van der Waals surface area contributed by atoms with E-state index < -0.39 is 0 Å². The number of nitrogens with zero attached hydrogens (tertiary/aromatic N) is 2. The van der Waals surface area contributed by atoms with Crippen molar-refractivity contribution in [2.75, 3.05) is 0 Å². The Hall–Kier alpha value is -2.72. The molecule has 4 heteroatoms. The molecule has 0 fully saturated rings. The first-order chi connectivity index (χ1) is 12.5. The lowest BCUT2D eigenvalue weighted by Gasteiger charge is -2.18. The molecule has 0 amide bonds. The van der Waals surface area contributed by atoms with Crippen LogP contribution in [0, 0.1) is 0 Å². The van der Waals surface area contributed by atoms with Gasteiger partial charge in [0.25, 0.3) is 0 Å². The summed E-state index contributed by atoms with van der Waals surface area (Å²) < 4.78 is 1.90. The first-order valence-electron chi connectivity index (χ1n) is 8.61. The third-order valence-electron chi connectivity index (χ3n) is 4.56. The number of carbonyl (C=O) groups is 1. The van der Waals surface area contributed by atoms with Gasteiger partial charge in [-0.15, -0.1) is 0 Å². The van der Waals surface area contributed by atoms with E-state index in [1.54, 1.807) is 11.3 Å². The van der Waals surface area contributed by atoms with E-state index in [1.165, 1.54) is 5.56 Å². The van der Waals surface area contributed by atoms with Crippen molar-refractivity contribution >= 4 is 22.6 Å². The van der Waals surface area contributed by atoms with E-state index in [0.29, 0.717) is 5.69 Å². The van der Waals surface area contributed by atoms with Crippen LogP contribution in [-0.2, 0) is 5.41 Å². The highest BCUT2D eigenvalue weighted by molar-refractivity contribution is 7.20. The van der Waals surface area contributed by atoms with Gasteiger partial charge in [-0.3, -0.25) is 9.20 Å². The minimum atomic E-state index is 0.102. The van der Waals surface area contributed by atoms with Crippen LogP contribution in [0.4, 0.5) is 0 Å². The zero-order valence-electron chi connectivity index (χ0n) is 15.1. The van der Waals surface area contributed by atoms with Crippen molar-refractivity contribution in [2.24, 2.45) is 0 Å². The summed E-state index contributed by atoms with van der Waals surface area (Å²) >= 11 is 1.60. The lowest BCUT2D eigenvalue weighted by Crippen LogP contribution is -2.10. The van der Waals surface area contributed by atoms with Crippen LogP contribution < -0.4 is 0 Å². The lowest BCUT2D eigenvalue weighted by molar-refractivity contribution is 0.111. The van der Waals surface area contributed by atoms with Crippen molar-refractivity contribution in [1.82, 2.24) is 9.38 Å². The summed E-state index contributed by atoms with van der Waals surface area (Å²) in [5.41, 5.74) is 4.81. The molecule has 0 aliphatic heterocycles. The molecule has 0 aliphatic carbocycles. The quantitative estimate of drug-likeness (QED) is 0.430. The van der Waals surface area contributed by atoms with Crippen LogP contribution in [0.25, 0.3) is 26.7 Å². The molecule has 0 saturated carbocycles. The van der Waals surface area contributed by atoms with Crippen LogP contribution in [0.3, 0.4) is 0 Å². The van der Waals surface area contributed by atoms with Crippen molar-refractivity contribution in [2.45, 2.75) is 26.2 Å². The molecule has 3 nitrogen and oxygen atoms in total. The average Bonchev–Trinajstić information content (AvgIpc) is 3.19. The third-order valence-corrected chi connectivity index (χ3v) is 5.59. The first kappa shape index (κ1) is 16.7. The van der Waals surface area contributed by atoms with Crippen molar-refractivity contribution in [3.8, 4) is 21.7 Å². The van der Waals surface area contributed by atoms with Crippen molar-refractivity contribution in [3.63, 3.8) is 0 Å². The summed E-state index contributed by atoms with van der Waals surface area (Å²) in [7, 11) is 0. The van der Waals surface area contributed by atoms with Crippen molar-refractivity contribution in [3.05, 3.63) is 72.1 Å². The highest BCUT2D eigenvalue weighted by Gasteiger charge is 2.18. The number of carbonyl (C=O) groups excluding carboxylic acids is 1. The molecule has 26 heavy (non-hydrogen) atoms. The van der Waals surface area contributed by atoms with Gasteiger partial charge < -0.3 is 0 Å². The summed E-state index contributed by atoms with van der Waals surface area (Å²) in [5, 5.41) is 0. The second-order valence-electron chi connectivity index (χ2n) is 7.40. The standard InChI is InChI=1S/C22H20N2OS/c1-22(2,3)17-11-9-16(10-12-17)20-18(14-25)24-13-19(26-21(24)23-20)15-7-5-4-6-8-15/h4-14H,1-3H3. The number of aromatic nitrogens is 2. The van der Waals surface area contributed by atoms with Crippen LogP contribution >= 0.6 is 11.3 Å². The van der Waals surface area contributed by atoms with Gasteiger partial charge in [-0.05, 0) is 16.5 Å². The molecule has 0 bridgehead atoms. The fraction of sp³-hybridized carbons (Fsp3) is 0.182. The fourth-order valence-corrected chi connectivity index (χ4v) is 4.05. The maximum atomic E-state index is 11.8. The lowest BCUT2D eigenvalue weighted by atomic mass is 9.86. The zero-order chi connectivity index (χ0) is 18.3. The maximum Gasteiger partial charge on any atom is 0.195 e. The number of hydrogen-bond acceptors (Lipinski definition) is 3. The number of imidazole rings is 1. The van der Waals surface area contributed by atoms with E-state index in [1.807, 2.05) is 28.8 Å². The van der Waals surface area contributed by atoms with E-state index in [9.17, 15) is 4.79 Å². The number of fused-ring (bicyclic) bond motifs is 1. The van der Waals surface area contributed by atoms with E-state index in [2.05, 4.69) is 57.2 Å². The Bertz CT molecular complexity index is 1070. The molecular weight excluding hydrogens is 340 g/mol. The molecule has 0 saturated heterocycles. The van der Waals surface area contributed by atoms with Gasteiger partial charge in [-0.1, -0.05) is 86.7 Å². The van der Waals surface area contributed by atoms with Crippen LogP contribution in [0.1, 0.15) is 36.8 Å². The van der Waals surface area contributed by atoms with Crippen LogP contribution in [0.2, 0.25) is 0 Å². The Balaban J connectivity index is 1.79. The molecule has 0 atom stereocenters. The van der Waals surface area contributed by atoms with E-state index in [0.717, 1.165) is 32.9 Å². The SMILES string of the molecule is CC(C)(C)c1ccc(-c2nc3sc(-c4ccccc4)cn3c2C=O)cc1. The summed E-state index contributed by atoms with van der Waals surface area (Å²) in [6.45, 7) is 6.57. The summed E-state index contributed by atoms with van der Waals surface area (Å²) in [5.74, 6) is 0. The molecule has 130 valence electrons. The topological polar surface area (TPSA) is 34.4 Å². The van der Waals surface area contributed by atoms with Gasteiger partial charge in [0.05, 0.1) is 4.88 Å². The van der Waals surface area contributed by atoms with Gasteiger partial charge in [0.1, 0.15) is 11.4 Å². The normalized spacial score (nSPS) is 11.8. The average molecular weight is 360 g/mol. The number of hydrogen-bond donors (Lipinski definition) is 0. The van der Waals surface area contributed by atoms with Gasteiger partial charge in [-0.2, -0.15) is 0 Å². The fourth-order valence-electron chi connectivity index (χ4n) is 3.05. The highest BCUT2D eigenvalue weighted by Crippen LogP contribution is 2.33. The third kappa shape index (κ3) is 2.86.